The average Bonchev–Trinajstić information content (AvgIpc) is 2.34. The summed E-state index contributed by atoms with van der Waals surface area (Å²) in [5.74, 6) is 0.134. The zero-order valence-electron chi connectivity index (χ0n) is 10.3. The number of anilines is 2. The fourth-order valence-electron chi connectivity index (χ4n) is 1.61. The van der Waals surface area contributed by atoms with Crippen molar-refractivity contribution >= 4 is 21.5 Å². The molecular formula is C13H14N2O3S. The molecule has 0 aliphatic carbocycles. The zero-order valence-corrected chi connectivity index (χ0v) is 11.1. The molecule has 0 aliphatic rings. The molecule has 0 bridgehead atoms. The third-order valence-corrected chi connectivity index (χ3v) is 4.04. The maximum Gasteiger partial charge on any atom is 0.339 e. The number of benzene rings is 2. The molecule has 0 saturated carbocycles. The second-order valence-corrected chi connectivity index (χ2v) is 5.61. The second-order valence-electron chi connectivity index (χ2n) is 4.09. The van der Waals surface area contributed by atoms with E-state index >= 15 is 0 Å². The monoisotopic (exact) mass is 278 g/mol. The molecule has 19 heavy (non-hydrogen) atoms. The van der Waals surface area contributed by atoms with Crippen LogP contribution in [0.2, 0.25) is 0 Å². The van der Waals surface area contributed by atoms with E-state index in [-0.39, 0.29) is 16.3 Å². The molecule has 0 aromatic heterocycles. The van der Waals surface area contributed by atoms with Crippen molar-refractivity contribution in [3.05, 3.63) is 48.0 Å². The Balaban J connectivity index is 2.37. The quantitative estimate of drug-likeness (QED) is 0.660. The Kier molecular flexibility index (Phi) is 3.35. The molecule has 4 N–H and O–H groups in total. The van der Waals surface area contributed by atoms with Crippen LogP contribution in [0.1, 0.15) is 5.56 Å². The first-order chi connectivity index (χ1) is 8.90. The Morgan fingerprint density at radius 2 is 1.68 bits per heavy atom. The summed E-state index contributed by atoms with van der Waals surface area (Å²) in [5, 5.41) is 0. The topological polar surface area (TPSA) is 95.4 Å². The Morgan fingerprint density at radius 3 is 2.32 bits per heavy atom. The molecule has 0 unspecified atom stereocenters. The van der Waals surface area contributed by atoms with Gasteiger partial charge in [-0.05, 0) is 30.7 Å². The first-order valence-corrected chi connectivity index (χ1v) is 6.96. The summed E-state index contributed by atoms with van der Waals surface area (Å²) in [6.07, 6.45) is 0. The molecule has 0 aliphatic heterocycles. The predicted octanol–water partition coefficient (Wildman–Crippen LogP) is 1.93. The highest BCUT2D eigenvalue weighted by atomic mass is 32.2. The highest BCUT2D eigenvalue weighted by Gasteiger charge is 2.18. The van der Waals surface area contributed by atoms with Crippen LogP contribution in [0.5, 0.6) is 5.75 Å². The van der Waals surface area contributed by atoms with Crippen LogP contribution in [-0.4, -0.2) is 8.42 Å². The standard InChI is InChI=1S/C13H14N2O3S/c1-9-4-2-3-5-13(9)19(16,17)18-10-6-7-11(14)12(15)8-10/h2-8H,14-15H2,1H3. The number of nitrogens with two attached hydrogens (primary N) is 2. The van der Waals surface area contributed by atoms with E-state index in [9.17, 15) is 8.42 Å². The van der Waals surface area contributed by atoms with E-state index in [1.165, 1.54) is 24.3 Å². The molecule has 2 aromatic rings. The van der Waals surface area contributed by atoms with Crippen LogP contribution in [0.15, 0.2) is 47.4 Å². The lowest BCUT2D eigenvalue weighted by atomic mass is 10.2. The van der Waals surface area contributed by atoms with Crippen molar-refractivity contribution in [3.8, 4) is 5.75 Å². The third kappa shape index (κ3) is 2.79. The van der Waals surface area contributed by atoms with Gasteiger partial charge in [0.25, 0.3) is 0 Å². The van der Waals surface area contributed by atoms with Crippen LogP contribution >= 0.6 is 0 Å². The summed E-state index contributed by atoms with van der Waals surface area (Å²) in [6, 6.07) is 10.9. The van der Waals surface area contributed by atoms with Crippen LogP contribution in [0.4, 0.5) is 11.4 Å². The summed E-state index contributed by atoms with van der Waals surface area (Å²) in [7, 11) is -3.87. The van der Waals surface area contributed by atoms with E-state index in [1.54, 1.807) is 25.1 Å². The van der Waals surface area contributed by atoms with Gasteiger partial charge in [-0.2, -0.15) is 8.42 Å². The van der Waals surface area contributed by atoms with Gasteiger partial charge < -0.3 is 15.7 Å². The van der Waals surface area contributed by atoms with Crippen LogP contribution in [0, 0.1) is 6.92 Å². The summed E-state index contributed by atoms with van der Waals surface area (Å²) in [5.41, 5.74) is 12.4. The van der Waals surface area contributed by atoms with E-state index in [2.05, 4.69) is 0 Å². The van der Waals surface area contributed by atoms with E-state index in [0.717, 1.165) is 0 Å². The number of aryl methyl sites for hydroxylation is 1. The van der Waals surface area contributed by atoms with Gasteiger partial charge in [0.05, 0.1) is 11.4 Å². The minimum absolute atomic E-state index is 0.130. The molecule has 0 amide bonds. The van der Waals surface area contributed by atoms with Crippen molar-refractivity contribution in [1.82, 2.24) is 0 Å². The van der Waals surface area contributed by atoms with Gasteiger partial charge in [0.1, 0.15) is 10.6 Å². The third-order valence-electron chi connectivity index (χ3n) is 2.63. The van der Waals surface area contributed by atoms with Crippen molar-refractivity contribution < 1.29 is 12.6 Å². The first kappa shape index (κ1) is 13.2. The van der Waals surface area contributed by atoms with E-state index in [4.69, 9.17) is 15.7 Å². The molecule has 2 aromatic carbocycles. The van der Waals surface area contributed by atoms with Crippen molar-refractivity contribution in [2.45, 2.75) is 11.8 Å². The van der Waals surface area contributed by atoms with Crippen LogP contribution in [-0.2, 0) is 10.1 Å². The number of nitrogen functional groups attached to an aromatic ring is 2. The lowest BCUT2D eigenvalue weighted by Crippen LogP contribution is -2.11. The molecule has 5 nitrogen and oxygen atoms in total. The molecule has 0 radical (unpaired) electrons. The maximum atomic E-state index is 12.1. The van der Waals surface area contributed by atoms with E-state index in [0.29, 0.717) is 11.3 Å². The number of hydrogen-bond acceptors (Lipinski definition) is 5. The first-order valence-electron chi connectivity index (χ1n) is 5.55. The molecule has 0 atom stereocenters. The molecule has 6 heteroatoms. The summed E-state index contributed by atoms with van der Waals surface area (Å²) < 4.78 is 29.3. The van der Waals surface area contributed by atoms with Crippen molar-refractivity contribution in [2.75, 3.05) is 11.5 Å². The van der Waals surface area contributed by atoms with Crippen LogP contribution in [0.25, 0.3) is 0 Å². The van der Waals surface area contributed by atoms with Gasteiger partial charge in [0.15, 0.2) is 0 Å². The lowest BCUT2D eigenvalue weighted by molar-refractivity contribution is 0.485. The summed E-state index contributed by atoms with van der Waals surface area (Å²) in [6.45, 7) is 1.70. The number of rotatable bonds is 3. The average molecular weight is 278 g/mol. The van der Waals surface area contributed by atoms with Gasteiger partial charge in [-0.3, -0.25) is 0 Å². The lowest BCUT2D eigenvalue weighted by Gasteiger charge is -2.10. The molecule has 2 rings (SSSR count). The predicted molar refractivity (Wildman–Crippen MR) is 74.3 cm³/mol. The van der Waals surface area contributed by atoms with Gasteiger partial charge in [0.2, 0.25) is 0 Å². The Labute approximate surface area is 111 Å². The molecule has 0 saturated heterocycles. The minimum Gasteiger partial charge on any atom is -0.397 e. The highest BCUT2D eigenvalue weighted by Crippen LogP contribution is 2.25. The summed E-state index contributed by atoms with van der Waals surface area (Å²) >= 11 is 0. The smallest absolute Gasteiger partial charge is 0.339 e. The fraction of sp³-hybridized carbons (Fsp3) is 0.0769. The Hall–Kier alpha value is -2.21. The molecule has 100 valence electrons. The Bertz CT molecular complexity index is 712. The van der Waals surface area contributed by atoms with Crippen molar-refractivity contribution in [1.29, 1.82) is 0 Å². The molecule has 0 fully saturated rings. The zero-order chi connectivity index (χ0) is 14.0. The number of hydrogen-bond donors (Lipinski definition) is 2. The van der Waals surface area contributed by atoms with Gasteiger partial charge in [0, 0.05) is 6.07 Å². The molecule has 0 spiro atoms. The van der Waals surface area contributed by atoms with Crippen molar-refractivity contribution in [3.63, 3.8) is 0 Å². The SMILES string of the molecule is Cc1ccccc1S(=O)(=O)Oc1ccc(N)c(N)c1. The summed E-state index contributed by atoms with van der Waals surface area (Å²) in [4.78, 5) is 0.130. The van der Waals surface area contributed by atoms with Crippen LogP contribution in [0.3, 0.4) is 0 Å². The van der Waals surface area contributed by atoms with E-state index in [1.807, 2.05) is 0 Å². The minimum atomic E-state index is -3.87. The highest BCUT2D eigenvalue weighted by molar-refractivity contribution is 7.87. The maximum absolute atomic E-state index is 12.1. The van der Waals surface area contributed by atoms with E-state index < -0.39 is 10.1 Å². The molecule has 0 heterocycles. The van der Waals surface area contributed by atoms with Gasteiger partial charge in [-0.1, -0.05) is 18.2 Å². The molecular weight excluding hydrogens is 264 g/mol. The second kappa shape index (κ2) is 4.81. The van der Waals surface area contributed by atoms with Crippen LogP contribution < -0.4 is 15.7 Å². The van der Waals surface area contributed by atoms with Crippen molar-refractivity contribution in [2.24, 2.45) is 0 Å². The Morgan fingerprint density at radius 1 is 1.00 bits per heavy atom. The van der Waals surface area contributed by atoms with Gasteiger partial charge in [-0.15, -0.1) is 0 Å². The fourth-order valence-corrected chi connectivity index (χ4v) is 2.77. The largest absolute Gasteiger partial charge is 0.397 e. The normalized spacial score (nSPS) is 11.2. The van der Waals surface area contributed by atoms with Gasteiger partial charge in [-0.25, -0.2) is 0 Å². The van der Waals surface area contributed by atoms with Gasteiger partial charge >= 0.3 is 10.1 Å².